The normalized spacial score (nSPS) is 14.3. The summed E-state index contributed by atoms with van der Waals surface area (Å²) >= 11 is 3.33. The Morgan fingerprint density at radius 2 is 2.25 bits per heavy atom. The topological polar surface area (TPSA) is 32.3 Å². The third-order valence-electron chi connectivity index (χ3n) is 3.51. The number of benzene rings is 1. The van der Waals surface area contributed by atoms with E-state index in [1.54, 1.807) is 17.0 Å². The molecule has 1 amide bonds. The third kappa shape index (κ3) is 4.56. The number of hydrogen-bond acceptors (Lipinski definition) is 2. The van der Waals surface area contributed by atoms with Crippen LogP contribution in [0.25, 0.3) is 0 Å². The minimum Gasteiger partial charge on any atom is -0.337 e. The van der Waals surface area contributed by atoms with Gasteiger partial charge in [-0.3, -0.25) is 4.79 Å². The summed E-state index contributed by atoms with van der Waals surface area (Å²) in [6.45, 7) is 4.05. The molecule has 1 aromatic rings. The van der Waals surface area contributed by atoms with Gasteiger partial charge < -0.3 is 10.2 Å². The fraction of sp³-hybridized carbons (Fsp3) is 0.533. The van der Waals surface area contributed by atoms with Crippen LogP contribution in [0, 0.1) is 11.7 Å². The zero-order valence-electron chi connectivity index (χ0n) is 11.7. The predicted octanol–water partition coefficient (Wildman–Crippen LogP) is 2.94. The van der Waals surface area contributed by atoms with Crippen molar-refractivity contribution in [2.24, 2.45) is 5.92 Å². The van der Waals surface area contributed by atoms with E-state index in [4.69, 9.17) is 0 Å². The predicted molar refractivity (Wildman–Crippen MR) is 80.8 cm³/mol. The van der Waals surface area contributed by atoms with Crippen molar-refractivity contribution in [2.75, 3.05) is 19.6 Å². The molecule has 0 spiro atoms. The minimum absolute atomic E-state index is 0.0209. The average Bonchev–Trinajstić information content (AvgIpc) is 3.23. The summed E-state index contributed by atoms with van der Waals surface area (Å²) in [5.41, 5.74) is 0.539. The second kappa shape index (κ2) is 7.18. The van der Waals surface area contributed by atoms with E-state index in [0.29, 0.717) is 25.2 Å². The van der Waals surface area contributed by atoms with Crippen molar-refractivity contribution in [1.29, 1.82) is 0 Å². The van der Waals surface area contributed by atoms with Gasteiger partial charge in [-0.15, -0.1) is 0 Å². The molecule has 0 saturated heterocycles. The van der Waals surface area contributed by atoms with Gasteiger partial charge >= 0.3 is 0 Å². The molecule has 1 N–H and O–H groups in total. The summed E-state index contributed by atoms with van der Waals surface area (Å²) in [7, 11) is 0. The summed E-state index contributed by atoms with van der Waals surface area (Å²) < 4.78 is 14.5. The van der Waals surface area contributed by atoms with Crippen molar-refractivity contribution in [3.63, 3.8) is 0 Å². The van der Waals surface area contributed by atoms with Gasteiger partial charge in [-0.25, -0.2) is 4.39 Å². The van der Waals surface area contributed by atoms with Gasteiger partial charge in [0.05, 0.1) is 6.54 Å². The molecule has 0 unspecified atom stereocenters. The quantitative estimate of drug-likeness (QED) is 0.826. The third-order valence-corrected chi connectivity index (χ3v) is 4.00. The first-order valence-electron chi connectivity index (χ1n) is 7.02. The number of carbonyl (C=O) groups is 1. The minimum atomic E-state index is -0.273. The van der Waals surface area contributed by atoms with Crippen LogP contribution in [0.15, 0.2) is 22.7 Å². The maximum absolute atomic E-state index is 13.7. The van der Waals surface area contributed by atoms with Crippen LogP contribution in [0.1, 0.15) is 25.3 Å². The summed E-state index contributed by atoms with van der Waals surface area (Å²) in [6.07, 6.45) is 2.53. The molecule has 0 heterocycles. The van der Waals surface area contributed by atoms with Crippen LogP contribution in [-0.4, -0.2) is 30.4 Å². The van der Waals surface area contributed by atoms with Gasteiger partial charge in [0, 0.05) is 23.1 Å². The van der Waals surface area contributed by atoms with E-state index < -0.39 is 0 Å². The Labute approximate surface area is 127 Å². The van der Waals surface area contributed by atoms with Crippen molar-refractivity contribution in [1.82, 2.24) is 10.2 Å². The van der Waals surface area contributed by atoms with Gasteiger partial charge in [-0.1, -0.05) is 15.9 Å². The Morgan fingerprint density at radius 3 is 2.90 bits per heavy atom. The lowest BCUT2D eigenvalue weighted by molar-refractivity contribution is -0.130. The molecule has 0 atom stereocenters. The molecule has 0 aliphatic heterocycles. The smallest absolute Gasteiger partial charge is 0.236 e. The van der Waals surface area contributed by atoms with Gasteiger partial charge in [0.2, 0.25) is 5.91 Å². The number of nitrogens with one attached hydrogen (secondary N) is 1. The van der Waals surface area contributed by atoms with E-state index >= 15 is 0 Å². The number of rotatable bonds is 7. The van der Waals surface area contributed by atoms with Gasteiger partial charge in [-0.2, -0.15) is 0 Å². The van der Waals surface area contributed by atoms with Crippen LogP contribution in [0.4, 0.5) is 4.39 Å². The molecule has 0 aromatic heterocycles. The molecule has 1 aliphatic rings. The zero-order valence-corrected chi connectivity index (χ0v) is 13.2. The molecular weight excluding hydrogens is 323 g/mol. The standard InChI is InChI=1S/C15H20BrFN2O/c1-2-19(15(20)9-18-8-11-3-4-11)10-12-7-13(16)5-6-14(12)17/h5-7,11,18H,2-4,8-10H2,1H3. The number of hydrogen-bond donors (Lipinski definition) is 1. The number of likely N-dealkylation sites (N-methyl/N-ethyl adjacent to an activating group) is 1. The number of carbonyl (C=O) groups excluding carboxylic acids is 1. The van der Waals surface area contributed by atoms with Crippen molar-refractivity contribution < 1.29 is 9.18 Å². The second-order valence-electron chi connectivity index (χ2n) is 5.22. The Hall–Kier alpha value is -0.940. The Bertz CT molecular complexity index is 477. The highest BCUT2D eigenvalue weighted by atomic mass is 79.9. The highest BCUT2D eigenvalue weighted by Crippen LogP contribution is 2.27. The van der Waals surface area contributed by atoms with Crippen LogP contribution < -0.4 is 5.32 Å². The van der Waals surface area contributed by atoms with E-state index in [1.807, 2.05) is 6.92 Å². The highest BCUT2D eigenvalue weighted by Gasteiger charge is 2.21. The summed E-state index contributed by atoms with van der Waals surface area (Å²) in [4.78, 5) is 13.8. The summed E-state index contributed by atoms with van der Waals surface area (Å²) in [6, 6.07) is 4.81. The lowest BCUT2D eigenvalue weighted by atomic mass is 10.2. The van der Waals surface area contributed by atoms with Gasteiger partial charge in [0.25, 0.3) is 0 Å². The van der Waals surface area contributed by atoms with Crippen LogP contribution in [0.3, 0.4) is 0 Å². The fourth-order valence-electron chi connectivity index (χ4n) is 2.06. The summed E-state index contributed by atoms with van der Waals surface area (Å²) in [5.74, 6) is 0.498. The van der Waals surface area contributed by atoms with Crippen molar-refractivity contribution in [2.45, 2.75) is 26.3 Å². The van der Waals surface area contributed by atoms with Crippen LogP contribution in [-0.2, 0) is 11.3 Å². The zero-order chi connectivity index (χ0) is 14.5. The highest BCUT2D eigenvalue weighted by molar-refractivity contribution is 9.10. The van der Waals surface area contributed by atoms with Gasteiger partial charge in [0.1, 0.15) is 5.82 Å². The average molecular weight is 343 g/mol. The van der Waals surface area contributed by atoms with E-state index in [1.165, 1.54) is 18.9 Å². The monoisotopic (exact) mass is 342 g/mol. The molecular formula is C15H20BrFN2O. The van der Waals surface area contributed by atoms with Gasteiger partial charge in [-0.05, 0) is 50.4 Å². The van der Waals surface area contributed by atoms with Crippen molar-refractivity contribution in [3.8, 4) is 0 Å². The van der Waals surface area contributed by atoms with E-state index in [2.05, 4.69) is 21.2 Å². The molecule has 1 saturated carbocycles. The molecule has 1 fully saturated rings. The van der Waals surface area contributed by atoms with E-state index in [0.717, 1.165) is 16.9 Å². The molecule has 1 aliphatic carbocycles. The van der Waals surface area contributed by atoms with Crippen LogP contribution in [0.2, 0.25) is 0 Å². The largest absolute Gasteiger partial charge is 0.337 e. The number of nitrogens with zero attached hydrogens (tertiary/aromatic N) is 1. The SMILES string of the molecule is CCN(Cc1cc(Br)ccc1F)C(=O)CNCC1CC1. The van der Waals surface area contributed by atoms with E-state index in [9.17, 15) is 9.18 Å². The lowest BCUT2D eigenvalue weighted by Gasteiger charge is -2.21. The molecule has 1 aromatic carbocycles. The Kier molecular flexibility index (Phi) is 5.54. The van der Waals surface area contributed by atoms with Crippen molar-refractivity contribution in [3.05, 3.63) is 34.1 Å². The molecule has 20 heavy (non-hydrogen) atoms. The first-order chi connectivity index (χ1) is 9.60. The first-order valence-corrected chi connectivity index (χ1v) is 7.82. The molecule has 2 rings (SSSR count). The molecule has 0 radical (unpaired) electrons. The van der Waals surface area contributed by atoms with Crippen molar-refractivity contribution >= 4 is 21.8 Å². The summed E-state index contributed by atoms with van der Waals surface area (Å²) in [5, 5.41) is 3.18. The van der Waals surface area contributed by atoms with E-state index in [-0.39, 0.29) is 11.7 Å². The van der Waals surface area contributed by atoms with Crippen LogP contribution >= 0.6 is 15.9 Å². The Morgan fingerprint density at radius 1 is 1.50 bits per heavy atom. The van der Waals surface area contributed by atoms with Crippen LogP contribution in [0.5, 0.6) is 0 Å². The molecule has 5 heteroatoms. The number of amides is 1. The maximum atomic E-state index is 13.7. The lowest BCUT2D eigenvalue weighted by Crippen LogP contribution is -2.38. The number of halogens is 2. The maximum Gasteiger partial charge on any atom is 0.236 e. The fourth-order valence-corrected chi connectivity index (χ4v) is 2.47. The van der Waals surface area contributed by atoms with Gasteiger partial charge in [0.15, 0.2) is 0 Å². The molecule has 110 valence electrons. The molecule has 0 bridgehead atoms. The molecule has 3 nitrogen and oxygen atoms in total. The Balaban J connectivity index is 1.89. The first kappa shape index (κ1) is 15.4. The second-order valence-corrected chi connectivity index (χ2v) is 6.13.